The number of ether oxygens (including phenoxy) is 2. The van der Waals surface area contributed by atoms with Gasteiger partial charge in [-0.2, -0.15) is 0 Å². The third-order valence-corrected chi connectivity index (χ3v) is 28.0. The van der Waals surface area contributed by atoms with E-state index in [0.717, 1.165) is 95.6 Å². The molecule has 15 rings (SSSR count). The first-order valence-electron chi connectivity index (χ1n) is 53.5. The van der Waals surface area contributed by atoms with E-state index >= 15 is 0 Å². The van der Waals surface area contributed by atoms with Gasteiger partial charge in [0.1, 0.15) is 12.0 Å². The molecule has 7 saturated heterocycles. The first-order valence-corrected chi connectivity index (χ1v) is 55.3. The molecule has 0 aromatic carbocycles. The normalized spacial score (nSPS) is 18.9. The fourth-order valence-electron chi connectivity index (χ4n) is 15.4. The number of hydrogen-bond acceptors (Lipinski definition) is 19. The Kier molecular flexibility index (Phi) is 58.9. The molecule has 9 aliphatic rings. The molecule has 140 heavy (non-hydrogen) atoms. The molecule has 19 nitrogen and oxygen atoms in total. The van der Waals surface area contributed by atoms with Gasteiger partial charge in [0, 0.05) is 141 Å². The van der Waals surface area contributed by atoms with Gasteiger partial charge < -0.3 is 54.0 Å². The predicted molar refractivity (Wildman–Crippen MR) is 614 cm³/mol. The molecule has 6 aromatic rings. The van der Waals surface area contributed by atoms with E-state index in [2.05, 4.69) is 429 Å². The average molecular weight is 1990 g/mol. The fourth-order valence-corrected chi connectivity index (χ4v) is 16.9. The molecule has 0 aliphatic carbocycles. The van der Waals surface area contributed by atoms with Gasteiger partial charge in [0.2, 0.25) is 0 Å². The number of thiazole rings is 1. The highest BCUT2D eigenvalue weighted by Gasteiger charge is 2.32. The van der Waals surface area contributed by atoms with Gasteiger partial charge in [-0.1, -0.05) is 226 Å². The molecule has 2 unspecified atom stereocenters. The first-order chi connectivity index (χ1) is 64.1. The van der Waals surface area contributed by atoms with Crippen LogP contribution in [-0.4, -0.2) is 198 Å². The molecule has 9 aliphatic heterocycles. The Bertz CT molecular complexity index is 3520. The molecule has 21 heteroatoms. The Hall–Kier alpha value is -5.27. The molecule has 6 aromatic heterocycles. The zero-order valence-electron chi connectivity index (χ0n) is 99.2. The number of hydrogen-bond donors (Lipinski definition) is 5. The second-order valence-corrected chi connectivity index (χ2v) is 56.0. The summed E-state index contributed by atoms with van der Waals surface area (Å²) in [6.07, 6.45) is 38.5. The smallest absolute Gasteiger partial charge is 0.199 e. The number of piperidine rings is 2. The van der Waals surface area contributed by atoms with Crippen molar-refractivity contribution >= 4 is 34.6 Å². The minimum Gasteiger partial charge on any atom is -0.469 e. The average Bonchev–Trinajstić information content (AvgIpc) is 1.67. The Morgan fingerprint density at radius 2 is 0.914 bits per heavy atom. The molecule has 808 valence electrons. The summed E-state index contributed by atoms with van der Waals surface area (Å²) in [5.41, 5.74) is 7.37. The van der Waals surface area contributed by atoms with Gasteiger partial charge >= 0.3 is 0 Å². The number of allylic oxidation sites excluding steroid dienone is 2. The zero-order chi connectivity index (χ0) is 107. The second kappa shape index (κ2) is 62.1. The van der Waals surface area contributed by atoms with Gasteiger partial charge in [0.15, 0.2) is 5.89 Å². The summed E-state index contributed by atoms with van der Waals surface area (Å²) in [5, 5.41) is 22.4. The number of rotatable bonds is 0. The summed E-state index contributed by atoms with van der Waals surface area (Å²) < 4.78 is 25.1. The van der Waals surface area contributed by atoms with Gasteiger partial charge in [0.25, 0.3) is 0 Å². The molecule has 0 amide bonds. The highest BCUT2D eigenvalue weighted by Crippen LogP contribution is 2.35. The van der Waals surface area contributed by atoms with E-state index in [1.54, 1.807) is 36.3 Å². The maximum absolute atomic E-state index is 5.35. The van der Waals surface area contributed by atoms with Crippen LogP contribution in [0, 0.1) is 44.3 Å². The van der Waals surface area contributed by atoms with Crippen LogP contribution in [0.2, 0.25) is 0 Å². The summed E-state index contributed by atoms with van der Waals surface area (Å²) in [7, 11) is 0. The summed E-state index contributed by atoms with van der Waals surface area (Å²) in [6.45, 7) is 120. The van der Waals surface area contributed by atoms with E-state index in [-0.39, 0.29) is 32.7 Å². The summed E-state index contributed by atoms with van der Waals surface area (Å²) in [4.78, 5) is 29.6. The predicted octanol–water partition coefficient (Wildman–Crippen LogP) is 29.3. The van der Waals surface area contributed by atoms with Crippen molar-refractivity contribution in [3.8, 4) is 0 Å². The van der Waals surface area contributed by atoms with Crippen LogP contribution in [0.3, 0.4) is 0 Å². The lowest BCUT2D eigenvalue weighted by molar-refractivity contribution is -0.00389. The monoisotopic (exact) mass is 1990 g/mol. The van der Waals surface area contributed by atoms with Crippen molar-refractivity contribution in [1.82, 2.24) is 65.4 Å². The highest BCUT2D eigenvalue weighted by molar-refractivity contribution is 7.10. The van der Waals surface area contributed by atoms with Crippen LogP contribution in [0.4, 0.5) is 0 Å². The molecular formula is C119H221N15O4S2. The van der Waals surface area contributed by atoms with Crippen LogP contribution in [-0.2, 0) is 42.2 Å². The number of nitrogens with zero attached hydrogens (tertiary/aromatic N) is 10. The SMILES string of the molecule is CC(C)(C)C1=CC=NC1.CC(C)(C)C1=NC=CC1.CC(C)(C)C1CCNC1.CC(C)(C)C1CCNCC1.CC(C)(C)C1COCCN1.CC(C)(C)C1NCCCN1.CC(C)(C)N1CCCC1.CC(C)(C)N1CCCCC1.CC(C)(C)N1CCOCC1.CC(C)(C)c1ccco1.CC(C)(C)c1cccs1.CC(C)(C)c1ncco1.CC(C)(C)c1nccs1.CC(C)(C)n1cccc1.CC(C)(C)n1ccnc1. The van der Waals surface area contributed by atoms with Crippen LogP contribution in [0.1, 0.15) is 397 Å². The van der Waals surface area contributed by atoms with Crippen LogP contribution in [0.25, 0.3) is 0 Å². The molecule has 0 saturated carbocycles. The second-order valence-electron chi connectivity index (χ2n) is 54.2. The zero-order valence-corrected chi connectivity index (χ0v) is 101. The molecular weight excluding hydrogens is 1770 g/mol. The lowest BCUT2D eigenvalue weighted by Gasteiger charge is -2.38. The van der Waals surface area contributed by atoms with Crippen LogP contribution >= 0.6 is 22.7 Å². The fraction of sp³-hybridized carbons (Fsp3) is 0.773. The van der Waals surface area contributed by atoms with Crippen molar-refractivity contribution in [1.29, 1.82) is 0 Å². The number of likely N-dealkylation sites (tertiary alicyclic amines) is 2. The maximum atomic E-state index is 5.35. The molecule has 7 fully saturated rings. The maximum Gasteiger partial charge on any atom is 0.199 e. The van der Waals surface area contributed by atoms with E-state index < -0.39 is 0 Å². The van der Waals surface area contributed by atoms with Gasteiger partial charge in [0.05, 0.1) is 62.9 Å². The summed E-state index contributed by atoms with van der Waals surface area (Å²) in [6, 6.07) is 12.8. The lowest BCUT2D eigenvalue weighted by Crippen LogP contribution is -2.55. The molecule has 0 spiro atoms. The van der Waals surface area contributed by atoms with Crippen molar-refractivity contribution in [3.05, 3.63) is 149 Å². The number of furan rings is 1. The van der Waals surface area contributed by atoms with Crippen molar-refractivity contribution in [2.75, 3.05) is 118 Å². The van der Waals surface area contributed by atoms with E-state index in [1.165, 1.54) is 131 Å². The Labute approximate surface area is 871 Å². The Morgan fingerprint density at radius 1 is 0.393 bits per heavy atom. The van der Waals surface area contributed by atoms with Crippen molar-refractivity contribution in [3.63, 3.8) is 0 Å². The van der Waals surface area contributed by atoms with Crippen molar-refractivity contribution < 1.29 is 18.3 Å². The quantitative estimate of drug-likeness (QED) is 0.0966. The number of imidazole rings is 1. The Balaban J connectivity index is 0.000000750. The van der Waals surface area contributed by atoms with E-state index in [9.17, 15) is 0 Å². The van der Waals surface area contributed by atoms with E-state index in [4.69, 9.17) is 18.3 Å². The Morgan fingerprint density at radius 3 is 1.16 bits per heavy atom. The number of oxazole rings is 1. The first kappa shape index (κ1) is 133. The number of thiophene rings is 1. The number of aromatic nitrogens is 5. The number of aliphatic imine (C=N–C) groups is 2. The molecule has 0 bridgehead atoms. The standard InChI is InChI=1S/2C9H19N.C8H18N2.2C8H17NO.C8H17N.C8H13N.C8H17N.2C8H13N.C8H12O.C8H12S.C7H12N2.C7H11NO.C7H11NS/c1-9(2,3)8-4-6-10-7-5-8;1-9(2,3)10-7-5-4-6-8-10;1-8(2,3)7-9-5-4-6-10-7;1-8(2,3)9-4-6-10-7-5-9;1-8(2,3)7-6-10-5-4-9-7;2*1-8(2,3)7-4-5-9-6-7;2*1-8(2,3)9-6-4-5-7-9;3*1-8(2,3)7-5-4-6-9-7;1-7(2,3)9-5-4-8-6-9;2*1-7(2,3)6-8-4-5-9-6/h8,10H,4-7H2,1-3H3;4-8H2,1-3H3;7,9-10H,4-6H2,1-3H3;4-7H2,1-3H3;7,9H,4-6H2,1-3H3;7,9H,4-6H2,1-3H3;4-5H,6H2,1-3H3;4-7H2,1-3H3;4-7H,1-3H3;4,6H,5H2,1-3H3;3*4-6H,1-3H3;2*4-5H,1-3H3. The number of morpholine rings is 2. The van der Waals surface area contributed by atoms with E-state index in [1.807, 2.05) is 72.1 Å². The third-order valence-electron chi connectivity index (χ3n) is 25.5. The minimum absolute atomic E-state index is 0.0451. The third kappa shape index (κ3) is 60.7. The summed E-state index contributed by atoms with van der Waals surface area (Å²) >= 11 is 3.55. The van der Waals surface area contributed by atoms with Crippen molar-refractivity contribution in [2.45, 2.75) is 437 Å². The van der Waals surface area contributed by atoms with E-state index in [0.29, 0.717) is 61.3 Å². The molecule has 5 N–H and O–H groups in total. The van der Waals surface area contributed by atoms with Gasteiger partial charge in [-0.05, 0) is 312 Å². The largest absolute Gasteiger partial charge is 0.469 e. The number of nitrogens with one attached hydrogen (secondary N) is 5. The van der Waals surface area contributed by atoms with Gasteiger partial charge in [-0.25, -0.2) is 15.0 Å². The highest BCUT2D eigenvalue weighted by atomic mass is 32.1. The lowest BCUT2D eigenvalue weighted by atomic mass is 9.76. The van der Waals surface area contributed by atoms with Crippen LogP contribution in [0.5, 0.6) is 0 Å². The van der Waals surface area contributed by atoms with Crippen molar-refractivity contribution in [2.24, 2.45) is 54.3 Å². The van der Waals surface area contributed by atoms with Crippen LogP contribution in [0.15, 0.2) is 146 Å². The molecule has 15 heterocycles. The van der Waals surface area contributed by atoms with Crippen LogP contribution < -0.4 is 26.6 Å². The minimum atomic E-state index is 0.0451. The molecule has 2 atom stereocenters. The topological polar surface area (TPSA) is 188 Å². The molecule has 0 radical (unpaired) electrons. The van der Waals surface area contributed by atoms with Gasteiger partial charge in [-0.15, -0.1) is 22.7 Å². The van der Waals surface area contributed by atoms with Gasteiger partial charge in [-0.3, -0.25) is 24.7 Å². The summed E-state index contributed by atoms with van der Waals surface area (Å²) in [5.74, 6) is 3.68.